The lowest BCUT2D eigenvalue weighted by Gasteiger charge is -2.06. The number of nitrogens with two attached hydrogens (primary N) is 1. The van der Waals surface area contributed by atoms with E-state index in [4.69, 9.17) is 17.3 Å². The molecule has 1 heterocycles. The molecule has 0 radical (unpaired) electrons. The lowest BCUT2D eigenvalue weighted by atomic mass is 10.0. The van der Waals surface area contributed by atoms with E-state index >= 15 is 0 Å². The van der Waals surface area contributed by atoms with Crippen LogP contribution in [0.4, 0.5) is 10.2 Å². The lowest BCUT2D eigenvalue weighted by molar-refractivity contribution is 0.631. The second kappa shape index (κ2) is 5.22. The second-order valence-electron chi connectivity index (χ2n) is 4.69. The summed E-state index contributed by atoms with van der Waals surface area (Å²) in [5.41, 5.74) is 8.36. The maximum atomic E-state index is 14.1. The van der Waals surface area contributed by atoms with E-state index in [0.29, 0.717) is 27.7 Å². The van der Waals surface area contributed by atoms with Gasteiger partial charge < -0.3 is 5.73 Å². The maximum absolute atomic E-state index is 14.1. The molecule has 0 unspecified atom stereocenters. The molecule has 0 aliphatic carbocycles. The first kappa shape index (κ1) is 13.6. The molecule has 0 amide bonds. The predicted octanol–water partition coefficient (Wildman–Crippen LogP) is 4.13. The van der Waals surface area contributed by atoms with Crippen LogP contribution in [-0.2, 0) is 7.05 Å². The van der Waals surface area contributed by atoms with Crippen LogP contribution >= 0.6 is 11.6 Å². The molecule has 0 atom stereocenters. The van der Waals surface area contributed by atoms with Crippen LogP contribution in [0.3, 0.4) is 0 Å². The Bertz CT molecular complexity index is 811. The van der Waals surface area contributed by atoms with Gasteiger partial charge in [-0.1, -0.05) is 48.0 Å². The minimum Gasteiger partial charge on any atom is -0.383 e. The summed E-state index contributed by atoms with van der Waals surface area (Å²) in [6.45, 7) is 0. The van der Waals surface area contributed by atoms with Crippen molar-refractivity contribution in [1.29, 1.82) is 0 Å². The first-order valence-electron chi connectivity index (χ1n) is 6.42. The first-order chi connectivity index (χ1) is 10.1. The number of aromatic nitrogens is 2. The number of halogens is 2. The number of hydrogen-bond acceptors (Lipinski definition) is 2. The molecule has 1 aromatic heterocycles. The van der Waals surface area contributed by atoms with E-state index in [1.807, 2.05) is 18.2 Å². The van der Waals surface area contributed by atoms with Crippen LogP contribution in [-0.4, -0.2) is 9.78 Å². The third kappa shape index (κ3) is 2.28. The van der Waals surface area contributed by atoms with Crippen LogP contribution in [0.1, 0.15) is 0 Å². The Hall–Kier alpha value is -2.33. The largest absolute Gasteiger partial charge is 0.383 e. The summed E-state index contributed by atoms with van der Waals surface area (Å²) in [6, 6.07) is 13.8. The molecule has 21 heavy (non-hydrogen) atoms. The van der Waals surface area contributed by atoms with Crippen LogP contribution in [0.5, 0.6) is 0 Å². The van der Waals surface area contributed by atoms with Gasteiger partial charge >= 0.3 is 0 Å². The molecule has 0 spiro atoms. The van der Waals surface area contributed by atoms with E-state index in [-0.39, 0.29) is 5.82 Å². The predicted molar refractivity (Wildman–Crippen MR) is 83.5 cm³/mol. The molecule has 0 bridgehead atoms. The van der Waals surface area contributed by atoms with Crippen molar-refractivity contribution in [2.75, 3.05) is 5.73 Å². The lowest BCUT2D eigenvalue weighted by Crippen LogP contribution is -1.98. The molecule has 0 fully saturated rings. The third-order valence-corrected chi connectivity index (χ3v) is 3.69. The SMILES string of the molecule is Cn1nc(-c2ccccc2Cl)c(-c2ccccc2F)c1N. The molecular formula is C16H13ClFN3. The highest BCUT2D eigenvalue weighted by molar-refractivity contribution is 6.33. The van der Waals surface area contributed by atoms with Gasteiger partial charge in [0.2, 0.25) is 0 Å². The standard InChI is InChI=1S/C16H13ClFN3/c1-21-16(19)14(11-7-3-5-9-13(11)18)15(20-21)10-6-2-4-8-12(10)17/h2-9H,19H2,1H3. The molecule has 0 aliphatic rings. The van der Waals surface area contributed by atoms with Gasteiger partial charge in [-0.05, 0) is 12.1 Å². The minimum absolute atomic E-state index is 0.342. The van der Waals surface area contributed by atoms with E-state index in [2.05, 4.69) is 5.10 Å². The van der Waals surface area contributed by atoms with Crippen molar-refractivity contribution in [3.05, 3.63) is 59.4 Å². The van der Waals surface area contributed by atoms with E-state index in [0.717, 1.165) is 5.56 Å². The van der Waals surface area contributed by atoms with Gasteiger partial charge in [0.05, 0.1) is 10.6 Å². The number of nitrogens with zero attached hydrogens (tertiary/aromatic N) is 2. The molecule has 3 aromatic rings. The monoisotopic (exact) mass is 301 g/mol. The summed E-state index contributed by atoms with van der Waals surface area (Å²) in [5, 5.41) is 4.95. The van der Waals surface area contributed by atoms with E-state index in [1.165, 1.54) is 10.7 Å². The molecule has 5 heteroatoms. The highest BCUT2D eigenvalue weighted by atomic mass is 35.5. The van der Waals surface area contributed by atoms with Crippen molar-refractivity contribution in [2.24, 2.45) is 7.05 Å². The highest BCUT2D eigenvalue weighted by Gasteiger charge is 2.21. The van der Waals surface area contributed by atoms with Crippen LogP contribution in [0.15, 0.2) is 48.5 Å². The van der Waals surface area contributed by atoms with Crippen molar-refractivity contribution in [3.63, 3.8) is 0 Å². The normalized spacial score (nSPS) is 10.8. The van der Waals surface area contributed by atoms with E-state index in [9.17, 15) is 4.39 Å². The molecular weight excluding hydrogens is 289 g/mol. The van der Waals surface area contributed by atoms with Crippen LogP contribution in [0.25, 0.3) is 22.4 Å². The number of aryl methyl sites for hydroxylation is 1. The third-order valence-electron chi connectivity index (χ3n) is 3.36. The summed E-state index contributed by atoms with van der Waals surface area (Å²) in [5.74, 6) is 0.0560. The zero-order valence-electron chi connectivity index (χ0n) is 11.3. The van der Waals surface area contributed by atoms with Gasteiger partial charge in [-0.2, -0.15) is 5.10 Å². The molecule has 2 N–H and O–H groups in total. The summed E-state index contributed by atoms with van der Waals surface area (Å²) in [6.07, 6.45) is 0. The van der Waals surface area contributed by atoms with Gasteiger partial charge in [-0.25, -0.2) is 4.39 Å². The Morgan fingerprint density at radius 2 is 1.67 bits per heavy atom. The quantitative estimate of drug-likeness (QED) is 0.773. The highest BCUT2D eigenvalue weighted by Crippen LogP contribution is 2.39. The Morgan fingerprint density at radius 1 is 1.05 bits per heavy atom. The van der Waals surface area contributed by atoms with Crippen LogP contribution < -0.4 is 5.73 Å². The Labute approximate surface area is 126 Å². The second-order valence-corrected chi connectivity index (χ2v) is 5.10. The molecule has 106 valence electrons. The van der Waals surface area contributed by atoms with E-state index < -0.39 is 0 Å². The molecule has 0 saturated carbocycles. The molecule has 2 aromatic carbocycles. The smallest absolute Gasteiger partial charge is 0.131 e. The fourth-order valence-electron chi connectivity index (χ4n) is 2.31. The average Bonchev–Trinajstić information content (AvgIpc) is 2.76. The number of hydrogen-bond donors (Lipinski definition) is 1. The van der Waals surface area contributed by atoms with Gasteiger partial charge in [0.1, 0.15) is 17.3 Å². The average molecular weight is 302 g/mol. The maximum Gasteiger partial charge on any atom is 0.131 e. The molecule has 3 nitrogen and oxygen atoms in total. The molecule has 0 aliphatic heterocycles. The summed E-state index contributed by atoms with van der Waals surface area (Å²) in [4.78, 5) is 0. The molecule has 0 saturated heterocycles. The Morgan fingerprint density at radius 3 is 2.33 bits per heavy atom. The topological polar surface area (TPSA) is 43.8 Å². The molecule has 3 rings (SSSR count). The summed E-state index contributed by atoms with van der Waals surface area (Å²) in [7, 11) is 1.72. The van der Waals surface area contributed by atoms with Crippen molar-refractivity contribution in [2.45, 2.75) is 0 Å². The zero-order valence-corrected chi connectivity index (χ0v) is 12.1. The fraction of sp³-hybridized carbons (Fsp3) is 0.0625. The van der Waals surface area contributed by atoms with Gasteiger partial charge in [-0.3, -0.25) is 4.68 Å². The summed E-state index contributed by atoms with van der Waals surface area (Å²) >= 11 is 6.24. The van der Waals surface area contributed by atoms with Crippen molar-refractivity contribution >= 4 is 17.4 Å². The first-order valence-corrected chi connectivity index (χ1v) is 6.79. The minimum atomic E-state index is -0.342. The number of rotatable bonds is 2. The zero-order chi connectivity index (χ0) is 15.0. The van der Waals surface area contributed by atoms with Gasteiger partial charge in [-0.15, -0.1) is 0 Å². The van der Waals surface area contributed by atoms with Crippen molar-refractivity contribution in [1.82, 2.24) is 9.78 Å². The van der Waals surface area contributed by atoms with Crippen molar-refractivity contribution < 1.29 is 4.39 Å². The van der Waals surface area contributed by atoms with Crippen LogP contribution in [0.2, 0.25) is 5.02 Å². The van der Waals surface area contributed by atoms with Crippen molar-refractivity contribution in [3.8, 4) is 22.4 Å². The summed E-state index contributed by atoms with van der Waals surface area (Å²) < 4.78 is 15.7. The van der Waals surface area contributed by atoms with Gasteiger partial charge in [0.15, 0.2) is 0 Å². The van der Waals surface area contributed by atoms with Crippen LogP contribution in [0, 0.1) is 5.82 Å². The fourth-order valence-corrected chi connectivity index (χ4v) is 2.53. The number of nitrogen functional groups attached to an aromatic ring is 1. The number of benzene rings is 2. The Kier molecular flexibility index (Phi) is 3.39. The van der Waals surface area contributed by atoms with Gasteiger partial charge in [0.25, 0.3) is 0 Å². The number of anilines is 1. The van der Waals surface area contributed by atoms with E-state index in [1.54, 1.807) is 31.3 Å². The van der Waals surface area contributed by atoms with Gasteiger partial charge in [0, 0.05) is 18.2 Å². The Balaban J connectivity index is 2.32.